The molecular formula is C19H23BrO. The molecule has 0 radical (unpaired) electrons. The highest BCUT2D eigenvalue weighted by atomic mass is 79.9. The third-order valence-electron chi connectivity index (χ3n) is 4.39. The number of aliphatic hydroxyl groups is 1. The van der Waals surface area contributed by atoms with Gasteiger partial charge in [-0.1, -0.05) is 73.1 Å². The van der Waals surface area contributed by atoms with E-state index in [9.17, 15) is 5.11 Å². The maximum absolute atomic E-state index is 10.5. The van der Waals surface area contributed by atoms with Crippen LogP contribution in [0.15, 0.2) is 46.9 Å². The van der Waals surface area contributed by atoms with Crippen LogP contribution in [0.3, 0.4) is 0 Å². The molecule has 1 N–H and O–H groups in total. The van der Waals surface area contributed by atoms with E-state index in [1.165, 1.54) is 5.56 Å². The molecule has 1 atom stereocenters. The molecule has 0 aliphatic carbocycles. The lowest BCUT2D eigenvalue weighted by molar-refractivity contribution is 0.220. The van der Waals surface area contributed by atoms with Crippen molar-refractivity contribution in [3.63, 3.8) is 0 Å². The summed E-state index contributed by atoms with van der Waals surface area (Å²) in [6, 6.07) is 14.3. The first-order valence-electron chi connectivity index (χ1n) is 7.39. The quantitative estimate of drug-likeness (QED) is 0.771. The summed E-state index contributed by atoms with van der Waals surface area (Å²) in [7, 11) is 0. The van der Waals surface area contributed by atoms with Crippen molar-refractivity contribution in [2.75, 3.05) is 0 Å². The molecular weight excluding hydrogens is 324 g/mol. The third-order valence-corrected chi connectivity index (χ3v) is 5.28. The van der Waals surface area contributed by atoms with Crippen molar-refractivity contribution in [3.05, 3.63) is 69.2 Å². The van der Waals surface area contributed by atoms with Crippen molar-refractivity contribution in [1.29, 1.82) is 0 Å². The first kappa shape index (κ1) is 16.3. The topological polar surface area (TPSA) is 20.2 Å². The molecule has 0 aliphatic heterocycles. The lowest BCUT2D eigenvalue weighted by atomic mass is 9.81. The van der Waals surface area contributed by atoms with E-state index in [0.717, 1.165) is 27.6 Å². The Morgan fingerprint density at radius 3 is 2.14 bits per heavy atom. The van der Waals surface area contributed by atoms with Crippen LogP contribution in [0.4, 0.5) is 0 Å². The smallest absolute Gasteiger partial charge is 0.104 e. The van der Waals surface area contributed by atoms with E-state index < -0.39 is 6.10 Å². The van der Waals surface area contributed by atoms with Gasteiger partial charge >= 0.3 is 0 Å². The van der Waals surface area contributed by atoms with Gasteiger partial charge in [0.05, 0.1) is 0 Å². The van der Waals surface area contributed by atoms with E-state index in [0.29, 0.717) is 0 Å². The van der Waals surface area contributed by atoms with Crippen LogP contribution < -0.4 is 0 Å². The molecule has 112 valence electrons. The molecule has 2 aromatic carbocycles. The van der Waals surface area contributed by atoms with Crippen molar-refractivity contribution < 1.29 is 5.11 Å². The van der Waals surface area contributed by atoms with Gasteiger partial charge in [-0.15, -0.1) is 0 Å². The highest BCUT2D eigenvalue weighted by Gasteiger charge is 2.18. The van der Waals surface area contributed by atoms with Crippen molar-refractivity contribution >= 4 is 15.9 Å². The molecule has 2 rings (SSSR count). The fourth-order valence-electron chi connectivity index (χ4n) is 2.35. The van der Waals surface area contributed by atoms with Crippen molar-refractivity contribution in [3.8, 4) is 0 Å². The number of hydrogen-bond acceptors (Lipinski definition) is 1. The summed E-state index contributed by atoms with van der Waals surface area (Å²) in [4.78, 5) is 0. The van der Waals surface area contributed by atoms with Crippen LogP contribution in [-0.4, -0.2) is 5.11 Å². The number of hydrogen-bond donors (Lipinski definition) is 1. The lowest BCUT2D eigenvalue weighted by Gasteiger charge is -2.24. The minimum absolute atomic E-state index is 0.178. The maximum atomic E-state index is 10.5. The Hall–Kier alpha value is -1.12. The molecule has 0 aliphatic rings. The molecule has 0 spiro atoms. The molecule has 1 unspecified atom stereocenters. The van der Waals surface area contributed by atoms with Crippen molar-refractivity contribution in [1.82, 2.24) is 0 Å². The summed E-state index contributed by atoms with van der Waals surface area (Å²) in [6.07, 6.45) is 0.524. The molecule has 0 saturated carbocycles. The molecule has 0 heterocycles. The standard InChI is InChI=1S/C19H23BrO/c1-5-19(3,4)16-9-6-14(7-10-16)18(21)15-8-11-17(20)13(2)12-15/h6-12,18,21H,5H2,1-4H3. The second kappa shape index (κ2) is 6.33. The Morgan fingerprint density at radius 1 is 1.05 bits per heavy atom. The van der Waals surface area contributed by atoms with E-state index in [1.54, 1.807) is 0 Å². The summed E-state index contributed by atoms with van der Waals surface area (Å²) >= 11 is 3.49. The minimum Gasteiger partial charge on any atom is -0.384 e. The van der Waals surface area contributed by atoms with Crippen LogP contribution in [0.1, 0.15) is 55.5 Å². The largest absolute Gasteiger partial charge is 0.384 e. The average molecular weight is 347 g/mol. The summed E-state index contributed by atoms with van der Waals surface area (Å²) in [5, 5.41) is 10.5. The minimum atomic E-state index is -0.574. The molecule has 2 aromatic rings. The van der Waals surface area contributed by atoms with Gasteiger partial charge < -0.3 is 5.11 Å². The number of rotatable bonds is 4. The average Bonchev–Trinajstić information content (AvgIpc) is 2.49. The Morgan fingerprint density at radius 2 is 1.62 bits per heavy atom. The first-order valence-corrected chi connectivity index (χ1v) is 8.19. The fraction of sp³-hybridized carbons (Fsp3) is 0.368. The summed E-state index contributed by atoms with van der Waals surface area (Å²) in [6.45, 7) is 8.73. The van der Waals surface area contributed by atoms with Gasteiger partial charge in [-0.25, -0.2) is 0 Å². The summed E-state index contributed by atoms with van der Waals surface area (Å²) in [5.41, 5.74) is 4.49. The Bertz CT molecular complexity index is 614. The Balaban J connectivity index is 2.27. The molecule has 0 aromatic heterocycles. The van der Waals surface area contributed by atoms with Crippen LogP contribution >= 0.6 is 15.9 Å². The van der Waals surface area contributed by atoms with Crippen molar-refractivity contribution in [2.24, 2.45) is 0 Å². The first-order chi connectivity index (χ1) is 9.85. The maximum Gasteiger partial charge on any atom is 0.104 e. The van der Waals surface area contributed by atoms with E-state index in [2.05, 4.69) is 48.8 Å². The number of halogens is 1. The number of benzene rings is 2. The Labute approximate surface area is 136 Å². The molecule has 2 heteroatoms. The normalized spacial score (nSPS) is 13.2. The zero-order valence-corrected chi connectivity index (χ0v) is 14.7. The Kier molecular flexibility index (Phi) is 4.90. The van der Waals surface area contributed by atoms with Crippen LogP contribution in [0.5, 0.6) is 0 Å². The van der Waals surface area contributed by atoms with Gasteiger partial charge in [0.2, 0.25) is 0 Å². The van der Waals surface area contributed by atoms with Crippen molar-refractivity contribution in [2.45, 2.75) is 45.6 Å². The third kappa shape index (κ3) is 3.56. The van der Waals surface area contributed by atoms with E-state index in [4.69, 9.17) is 0 Å². The van der Waals surface area contributed by atoms with Gasteiger partial charge in [0.25, 0.3) is 0 Å². The predicted molar refractivity (Wildman–Crippen MR) is 92.7 cm³/mol. The summed E-state index contributed by atoms with van der Waals surface area (Å²) < 4.78 is 1.07. The van der Waals surface area contributed by atoms with Gasteiger partial charge in [0.15, 0.2) is 0 Å². The molecule has 0 amide bonds. The van der Waals surface area contributed by atoms with Crippen LogP contribution in [0.2, 0.25) is 0 Å². The van der Waals surface area contributed by atoms with Crippen LogP contribution in [0.25, 0.3) is 0 Å². The van der Waals surface area contributed by atoms with Crippen LogP contribution in [-0.2, 0) is 5.41 Å². The SMILES string of the molecule is CCC(C)(C)c1ccc(C(O)c2ccc(Br)c(C)c2)cc1. The summed E-state index contributed by atoms with van der Waals surface area (Å²) in [5.74, 6) is 0. The molecule has 1 nitrogen and oxygen atoms in total. The fourth-order valence-corrected chi connectivity index (χ4v) is 2.60. The van der Waals surface area contributed by atoms with E-state index in [-0.39, 0.29) is 5.41 Å². The van der Waals surface area contributed by atoms with E-state index in [1.807, 2.05) is 37.3 Å². The van der Waals surface area contributed by atoms with E-state index >= 15 is 0 Å². The predicted octanol–water partition coefficient (Wildman–Crippen LogP) is 5.53. The van der Waals surface area contributed by atoms with Gasteiger partial charge in [0.1, 0.15) is 6.10 Å². The zero-order valence-electron chi connectivity index (χ0n) is 13.2. The molecule has 0 bridgehead atoms. The van der Waals surface area contributed by atoms with Gasteiger partial charge in [-0.3, -0.25) is 0 Å². The van der Waals surface area contributed by atoms with Gasteiger partial charge in [-0.05, 0) is 47.1 Å². The monoisotopic (exact) mass is 346 g/mol. The number of aliphatic hydroxyl groups excluding tert-OH is 1. The molecule has 0 saturated heterocycles. The van der Waals surface area contributed by atoms with Gasteiger partial charge in [-0.2, -0.15) is 0 Å². The second-order valence-electron chi connectivity index (χ2n) is 6.27. The molecule has 0 fully saturated rings. The highest BCUT2D eigenvalue weighted by molar-refractivity contribution is 9.10. The zero-order chi connectivity index (χ0) is 15.6. The second-order valence-corrected chi connectivity index (χ2v) is 7.12. The van der Waals surface area contributed by atoms with Crippen LogP contribution in [0, 0.1) is 6.92 Å². The van der Waals surface area contributed by atoms with Gasteiger partial charge in [0, 0.05) is 4.47 Å². The highest BCUT2D eigenvalue weighted by Crippen LogP contribution is 2.30. The lowest BCUT2D eigenvalue weighted by Crippen LogP contribution is -2.15. The molecule has 21 heavy (non-hydrogen) atoms. The number of aryl methyl sites for hydroxylation is 1.